The van der Waals surface area contributed by atoms with Gasteiger partial charge in [-0.2, -0.15) is 0 Å². The zero-order chi connectivity index (χ0) is 10.8. The molecule has 1 unspecified atom stereocenters. The summed E-state index contributed by atoms with van der Waals surface area (Å²) in [6, 6.07) is 0. The monoisotopic (exact) mass is 249 g/mol. The highest BCUT2D eigenvalue weighted by Gasteiger charge is 2.11. The second-order valence-electron chi connectivity index (χ2n) is 3.98. The van der Waals surface area contributed by atoms with E-state index in [9.17, 15) is 0 Å². The minimum atomic E-state index is 0. The molecule has 1 aliphatic heterocycles. The standard InChI is InChI=1S/C12H23NO2.ClH/c1-2-7-14-9-10-15-8-5-12-4-3-6-13-11-12;/h2,12-13H,1,3-11H2;1H. The van der Waals surface area contributed by atoms with Gasteiger partial charge in [-0.3, -0.25) is 0 Å². The highest BCUT2D eigenvalue weighted by molar-refractivity contribution is 5.85. The highest BCUT2D eigenvalue weighted by atomic mass is 35.5. The number of hydrogen-bond acceptors (Lipinski definition) is 3. The molecular weight excluding hydrogens is 226 g/mol. The SMILES string of the molecule is C=CCOCCOCCC1CCCNC1.Cl. The van der Waals surface area contributed by atoms with Crippen molar-refractivity contribution in [2.75, 3.05) is 39.5 Å². The van der Waals surface area contributed by atoms with Crippen molar-refractivity contribution in [2.45, 2.75) is 19.3 Å². The van der Waals surface area contributed by atoms with E-state index in [1.807, 2.05) is 0 Å². The van der Waals surface area contributed by atoms with Gasteiger partial charge in [-0.1, -0.05) is 6.08 Å². The molecule has 1 atom stereocenters. The van der Waals surface area contributed by atoms with Gasteiger partial charge in [0.25, 0.3) is 0 Å². The van der Waals surface area contributed by atoms with E-state index in [-0.39, 0.29) is 12.4 Å². The quantitative estimate of drug-likeness (QED) is 0.527. The van der Waals surface area contributed by atoms with Gasteiger partial charge in [0.15, 0.2) is 0 Å². The molecule has 0 aromatic carbocycles. The lowest BCUT2D eigenvalue weighted by atomic mass is 9.97. The fourth-order valence-electron chi connectivity index (χ4n) is 1.81. The van der Waals surface area contributed by atoms with Crippen LogP contribution in [-0.2, 0) is 9.47 Å². The Morgan fingerprint density at radius 1 is 1.25 bits per heavy atom. The van der Waals surface area contributed by atoms with Crippen LogP contribution in [0.5, 0.6) is 0 Å². The van der Waals surface area contributed by atoms with E-state index >= 15 is 0 Å². The fourth-order valence-corrected chi connectivity index (χ4v) is 1.81. The molecule has 16 heavy (non-hydrogen) atoms. The van der Waals surface area contributed by atoms with Crippen molar-refractivity contribution in [3.63, 3.8) is 0 Å². The van der Waals surface area contributed by atoms with Gasteiger partial charge in [-0.15, -0.1) is 19.0 Å². The smallest absolute Gasteiger partial charge is 0.0704 e. The molecule has 0 aliphatic carbocycles. The summed E-state index contributed by atoms with van der Waals surface area (Å²) in [7, 11) is 0. The molecule has 1 aliphatic rings. The van der Waals surface area contributed by atoms with Gasteiger partial charge in [0, 0.05) is 6.61 Å². The fraction of sp³-hybridized carbons (Fsp3) is 0.833. The maximum Gasteiger partial charge on any atom is 0.0704 e. The molecule has 1 saturated heterocycles. The van der Waals surface area contributed by atoms with E-state index in [0.29, 0.717) is 19.8 Å². The van der Waals surface area contributed by atoms with Crippen LogP contribution in [0.25, 0.3) is 0 Å². The van der Waals surface area contributed by atoms with E-state index < -0.39 is 0 Å². The Bertz CT molecular complexity index is 161. The zero-order valence-electron chi connectivity index (χ0n) is 9.95. The van der Waals surface area contributed by atoms with Crippen molar-refractivity contribution in [3.05, 3.63) is 12.7 Å². The Hall–Kier alpha value is -0.0900. The molecule has 0 amide bonds. The second kappa shape index (κ2) is 11.4. The summed E-state index contributed by atoms with van der Waals surface area (Å²) < 4.78 is 10.7. The molecule has 0 radical (unpaired) electrons. The lowest BCUT2D eigenvalue weighted by Gasteiger charge is -2.22. The average Bonchev–Trinajstić information content (AvgIpc) is 2.29. The maximum atomic E-state index is 5.50. The Labute approximate surface area is 105 Å². The van der Waals surface area contributed by atoms with Crippen LogP contribution in [0.4, 0.5) is 0 Å². The third-order valence-corrected chi connectivity index (χ3v) is 2.68. The van der Waals surface area contributed by atoms with Crippen LogP contribution >= 0.6 is 12.4 Å². The topological polar surface area (TPSA) is 30.5 Å². The summed E-state index contributed by atoms with van der Waals surface area (Å²) >= 11 is 0. The number of nitrogens with one attached hydrogen (secondary N) is 1. The molecule has 0 aromatic heterocycles. The first kappa shape index (κ1) is 15.9. The first-order valence-corrected chi connectivity index (χ1v) is 5.90. The first-order chi connectivity index (χ1) is 7.43. The van der Waals surface area contributed by atoms with Crippen LogP contribution in [0, 0.1) is 5.92 Å². The number of ether oxygens (including phenoxy) is 2. The van der Waals surface area contributed by atoms with Gasteiger partial charge in [0.2, 0.25) is 0 Å². The highest BCUT2D eigenvalue weighted by Crippen LogP contribution is 2.13. The molecular formula is C12H24ClNO2. The summed E-state index contributed by atoms with van der Waals surface area (Å²) in [5, 5.41) is 3.41. The van der Waals surface area contributed by atoms with Crippen molar-refractivity contribution in [1.29, 1.82) is 0 Å². The molecule has 1 fully saturated rings. The van der Waals surface area contributed by atoms with Crippen LogP contribution in [0.15, 0.2) is 12.7 Å². The van der Waals surface area contributed by atoms with Crippen molar-refractivity contribution in [2.24, 2.45) is 5.92 Å². The molecule has 0 spiro atoms. The van der Waals surface area contributed by atoms with Gasteiger partial charge < -0.3 is 14.8 Å². The van der Waals surface area contributed by atoms with Gasteiger partial charge in [-0.25, -0.2) is 0 Å². The van der Waals surface area contributed by atoms with Crippen LogP contribution in [0.3, 0.4) is 0 Å². The van der Waals surface area contributed by atoms with Gasteiger partial charge in [0.05, 0.1) is 19.8 Å². The lowest BCUT2D eigenvalue weighted by Crippen LogP contribution is -2.30. The second-order valence-corrected chi connectivity index (χ2v) is 3.98. The minimum absolute atomic E-state index is 0. The molecule has 1 heterocycles. The van der Waals surface area contributed by atoms with Crippen LogP contribution in [0.2, 0.25) is 0 Å². The predicted octanol–water partition coefficient (Wildman–Crippen LogP) is 2.02. The summed E-state index contributed by atoms with van der Waals surface area (Å²) in [5.74, 6) is 0.813. The van der Waals surface area contributed by atoms with Crippen LogP contribution < -0.4 is 5.32 Å². The largest absolute Gasteiger partial charge is 0.379 e. The molecule has 3 nitrogen and oxygen atoms in total. The number of rotatable bonds is 8. The van der Waals surface area contributed by atoms with E-state index in [1.165, 1.54) is 25.8 Å². The first-order valence-electron chi connectivity index (χ1n) is 5.90. The summed E-state index contributed by atoms with van der Waals surface area (Å²) in [4.78, 5) is 0. The van der Waals surface area contributed by atoms with Gasteiger partial charge in [0.1, 0.15) is 0 Å². The Balaban J connectivity index is 0.00000225. The van der Waals surface area contributed by atoms with E-state index in [1.54, 1.807) is 6.08 Å². The summed E-state index contributed by atoms with van der Waals surface area (Å²) in [5.41, 5.74) is 0. The van der Waals surface area contributed by atoms with Gasteiger partial charge >= 0.3 is 0 Å². The molecule has 0 saturated carbocycles. The van der Waals surface area contributed by atoms with Crippen molar-refractivity contribution in [3.8, 4) is 0 Å². The van der Waals surface area contributed by atoms with E-state index in [0.717, 1.165) is 19.1 Å². The Morgan fingerprint density at radius 3 is 2.75 bits per heavy atom. The molecule has 1 rings (SSSR count). The van der Waals surface area contributed by atoms with Crippen molar-refractivity contribution < 1.29 is 9.47 Å². The normalized spacial score (nSPS) is 20.1. The lowest BCUT2D eigenvalue weighted by molar-refractivity contribution is 0.0513. The average molecular weight is 250 g/mol. The maximum absolute atomic E-state index is 5.50. The van der Waals surface area contributed by atoms with E-state index in [2.05, 4.69) is 11.9 Å². The van der Waals surface area contributed by atoms with Crippen LogP contribution in [0.1, 0.15) is 19.3 Å². The van der Waals surface area contributed by atoms with Crippen molar-refractivity contribution >= 4 is 12.4 Å². The summed E-state index contributed by atoms with van der Waals surface area (Å²) in [6.45, 7) is 8.80. The number of halogens is 1. The predicted molar refractivity (Wildman–Crippen MR) is 69.3 cm³/mol. The number of hydrogen-bond donors (Lipinski definition) is 1. The Morgan fingerprint density at radius 2 is 2.06 bits per heavy atom. The third-order valence-electron chi connectivity index (χ3n) is 2.68. The van der Waals surface area contributed by atoms with Crippen LogP contribution in [-0.4, -0.2) is 39.5 Å². The molecule has 4 heteroatoms. The molecule has 0 aromatic rings. The zero-order valence-corrected chi connectivity index (χ0v) is 10.8. The molecule has 96 valence electrons. The molecule has 0 bridgehead atoms. The Kier molecular flexibility index (Phi) is 11.3. The number of piperidine rings is 1. The summed E-state index contributed by atoms with van der Waals surface area (Å²) in [6.07, 6.45) is 5.60. The minimum Gasteiger partial charge on any atom is -0.379 e. The van der Waals surface area contributed by atoms with Gasteiger partial charge in [-0.05, 0) is 38.3 Å². The molecule has 1 N–H and O–H groups in total. The third kappa shape index (κ3) is 8.11. The van der Waals surface area contributed by atoms with E-state index in [4.69, 9.17) is 9.47 Å². The van der Waals surface area contributed by atoms with Crippen molar-refractivity contribution in [1.82, 2.24) is 5.32 Å².